The number of rotatable bonds is 12. The van der Waals surface area contributed by atoms with E-state index in [1.54, 1.807) is 18.5 Å². The fourth-order valence-corrected chi connectivity index (χ4v) is 4.00. The summed E-state index contributed by atoms with van der Waals surface area (Å²) in [5.74, 6) is -1.81. The molecule has 3 aromatic rings. The highest BCUT2D eigenvalue weighted by molar-refractivity contribution is 7.99. The molecule has 180 valence electrons. The lowest BCUT2D eigenvalue weighted by atomic mass is 10.0. The van der Waals surface area contributed by atoms with Gasteiger partial charge in [-0.05, 0) is 47.7 Å². The molecule has 0 amide bonds. The van der Waals surface area contributed by atoms with Gasteiger partial charge in [0.15, 0.2) is 5.16 Å². The Balaban J connectivity index is 1.62. The third-order valence-electron chi connectivity index (χ3n) is 5.09. The minimum absolute atomic E-state index is 0.0143. The minimum atomic E-state index is -0.703. The average molecular weight is 487 g/mol. The Hall–Kier alpha value is -2.88. The van der Waals surface area contributed by atoms with Crippen molar-refractivity contribution in [2.75, 3.05) is 12.3 Å². The van der Waals surface area contributed by atoms with Crippen LogP contribution in [0.5, 0.6) is 0 Å². The van der Waals surface area contributed by atoms with Crippen LogP contribution in [-0.2, 0) is 28.9 Å². The molecule has 6 nitrogen and oxygen atoms in total. The second-order valence-electron chi connectivity index (χ2n) is 7.80. The lowest BCUT2D eigenvalue weighted by molar-refractivity contribution is -0.146. The largest absolute Gasteiger partial charge is 0.459 e. The van der Waals surface area contributed by atoms with E-state index in [4.69, 9.17) is 10.5 Å². The zero-order chi connectivity index (χ0) is 24.3. The van der Waals surface area contributed by atoms with Crippen molar-refractivity contribution in [3.8, 4) is 0 Å². The predicted molar refractivity (Wildman–Crippen MR) is 128 cm³/mol. The van der Waals surface area contributed by atoms with Crippen LogP contribution < -0.4 is 11.1 Å². The Morgan fingerprint density at radius 1 is 1.06 bits per heavy atom. The van der Waals surface area contributed by atoms with E-state index >= 15 is 0 Å². The van der Waals surface area contributed by atoms with E-state index in [0.717, 1.165) is 29.8 Å². The van der Waals surface area contributed by atoms with E-state index in [1.165, 1.54) is 17.7 Å². The number of esters is 1. The summed E-state index contributed by atoms with van der Waals surface area (Å²) in [5.41, 5.74) is 9.06. The molecule has 1 aromatic heterocycles. The maximum absolute atomic E-state index is 13.6. The molecule has 0 aliphatic rings. The zero-order valence-electron chi connectivity index (χ0n) is 18.9. The van der Waals surface area contributed by atoms with Gasteiger partial charge in [0, 0.05) is 37.6 Å². The number of benzene rings is 2. The SMILES string of the molecule is CCc1cccc(CNC[C@@H](OC(=O)CSc2ncccn2)[C@@H](N)Cc2cc(F)cc(F)c2)c1. The molecule has 2 aromatic carbocycles. The number of carbonyl (C=O) groups is 1. The first-order valence-electron chi connectivity index (χ1n) is 11.0. The number of aromatic nitrogens is 2. The molecule has 0 saturated heterocycles. The molecule has 2 atom stereocenters. The average Bonchev–Trinajstić information content (AvgIpc) is 2.82. The lowest BCUT2D eigenvalue weighted by Gasteiger charge is -2.25. The Morgan fingerprint density at radius 2 is 1.76 bits per heavy atom. The number of halogens is 2. The van der Waals surface area contributed by atoms with Gasteiger partial charge in [-0.15, -0.1) is 0 Å². The van der Waals surface area contributed by atoms with Gasteiger partial charge >= 0.3 is 5.97 Å². The van der Waals surface area contributed by atoms with Crippen LogP contribution in [0.3, 0.4) is 0 Å². The van der Waals surface area contributed by atoms with Crippen LogP contribution in [0.25, 0.3) is 0 Å². The van der Waals surface area contributed by atoms with E-state index in [2.05, 4.69) is 34.3 Å². The molecule has 0 spiro atoms. The number of nitrogens with one attached hydrogen (secondary N) is 1. The topological polar surface area (TPSA) is 90.1 Å². The van der Waals surface area contributed by atoms with E-state index in [0.29, 0.717) is 17.3 Å². The molecule has 3 rings (SSSR count). The Morgan fingerprint density at radius 3 is 2.47 bits per heavy atom. The molecule has 0 bridgehead atoms. The monoisotopic (exact) mass is 486 g/mol. The number of carbonyl (C=O) groups excluding carboxylic acids is 1. The number of ether oxygens (including phenoxy) is 1. The summed E-state index contributed by atoms with van der Waals surface area (Å²) in [6, 6.07) is 12.5. The Kier molecular flexibility index (Phi) is 9.93. The second kappa shape index (κ2) is 13.1. The summed E-state index contributed by atoms with van der Waals surface area (Å²) in [6.07, 6.45) is 3.57. The minimum Gasteiger partial charge on any atom is -0.459 e. The van der Waals surface area contributed by atoms with Gasteiger partial charge in [0.25, 0.3) is 0 Å². The smallest absolute Gasteiger partial charge is 0.316 e. The van der Waals surface area contributed by atoms with Gasteiger partial charge in [-0.2, -0.15) is 0 Å². The first-order chi connectivity index (χ1) is 16.4. The molecular formula is C25H28F2N4O2S. The summed E-state index contributed by atoms with van der Waals surface area (Å²) in [5, 5.41) is 3.75. The summed E-state index contributed by atoms with van der Waals surface area (Å²) in [7, 11) is 0. The molecule has 0 saturated carbocycles. The van der Waals surface area contributed by atoms with Gasteiger partial charge in [-0.25, -0.2) is 18.7 Å². The van der Waals surface area contributed by atoms with E-state index in [9.17, 15) is 13.6 Å². The first kappa shape index (κ1) is 25.7. The highest BCUT2D eigenvalue weighted by atomic mass is 32.2. The number of nitrogens with two attached hydrogens (primary N) is 1. The number of hydrogen-bond acceptors (Lipinski definition) is 7. The lowest BCUT2D eigenvalue weighted by Crippen LogP contribution is -2.46. The highest BCUT2D eigenvalue weighted by Gasteiger charge is 2.23. The van der Waals surface area contributed by atoms with Gasteiger partial charge < -0.3 is 15.8 Å². The van der Waals surface area contributed by atoms with Gasteiger partial charge in [0.05, 0.1) is 5.75 Å². The summed E-state index contributed by atoms with van der Waals surface area (Å²) < 4.78 is 32.9. The van der Waals surface area contributed by atoms with Crippen LogP contribution >= 0.6 is 11.8 Å². The third-order valence-corrected chi connectivity index (χ3v) is 5.94. The molecule has 9 heteroatoms. The predicted octanol–water partition coefficient (Wildman–Crippen LogP) is 3.68. The highest BCUT2D eigenvalue weighted by Crippen LogP contribution is 2.15. The number of thioether (sulfide) groups is 1. The number of aryl methyl sites for hydroxylation is 1. The molecular weight excluding hydrogens is 458 g/mol. The van der Waals surface area contributed by atoms with E-state index < -0.39 is 29.7 Å². The van der Waals surface area contributed by atoms with Gasteiger partial charge in [0.2, 0.25) is 0 Å². The van der Waals surface area contributed by atoms with Crippen LogP contribution in [0, 0.1) is 11.6 Å². The van der Waals surface area contributed by atoms with Gasteiger partial charge in [-0.3, -0.25) is 4.79 Å². The van der Waals surface area contributed by atoms with Crippen molar-refractivity contribution in [2.24, 2.45) is 5.73 Å². The third kappa shape index (κ3) is 8.48. The summed E-state index contributed by atoms with van der Waals surface area (Å²) in [6.45, 7) is 2.94. The molecule has 0 aliphatic carbocycles. The van der Waals surface area contributed by atoms with Crippen molar-refractivity contribution >= 4 is 17.7 Å². The fraction of sp³-hybridized carbons (Fsp3) is 0.320. The van der Waals surface area contributed by atoms with Crippen molar-refractivity contribution in [1.82, 2.24) is 15.3 Å². The fourth-order valence-electron chi connectivity index (χ4n) is 3.42. The number of nitrogens with zero attached hydrogens (tertiary/aromatic N) is 2. The first-order valence-corrected chi connectivity index (χ1v) is 12.0. The maximum Gasteiger partial charge on any atom is 0.316 e. The molecule has 0 aliphatic heterocycles. The molecule has 0 unspecified atom stereocenters. The van der Waals surface area contributed by atoms with Crippen molar-refractivity contribution in [3.05, 3.63) is 89.2 Å². The zero-order valence-corrected chi connectivity index (χ0v) is 19.7. The molecule has 1 heterocycles. The van der Waals surface area contributed by atoms with Crippen molar-refractivity contribution < 1.29 is 18.3 Å². The standard InChI is InChI=1S/C25H28F2N4O2S/c1-2-17-5-3-6-18(9-17)14-29-15-23(22(28)12-19-10-20(26)13-21(27)11-19)33-24(32)16-34-25-30-7-4-8-31-25/h3-11,13,22-23,29H,2,12,14-16,28H2,1H3/t22-,23+/m0/s1. The van der Waals surface area contributed by atoms with Crippen LogP contribution in [0.4, 0.5) is 8.78 Å². The molecule has 0 fully saturated rings. The number of hydrogen-bond donors (Lipinski definition) is 2. The van der Waals surface area contributed by atoms with Crippen molar-refractivity contribution in [3.63, 3.8) is 0 Å². The Labute approximate surface area is 202 Å². The molecule has 0 radical (unpaired) electrons. The molecule has 3 N–H and O–H groups in total. The quantitative estimate of drug-likeness (QED) is 0.229. The van der Waals surface area contributed by atoms with Crippen molar-refractivity contribution in [1.29, 1.82) is 0 Å². The van der Waals surface area contributed by atoms with Crippen molar-refractivity contribution in [2.45, 2.75) is 43.6 Å². The summed E-state index contributed by atoms with van der Waals surface area (Å²) >= 11 is 1.16. The van der Waals surface area contributed by atoms with Crippen LogP contribution in [0.15, 0.2) is 66.1 Å². The Bertz CT molecular complexity index is 1050. The van der Waals surface area contributed by atoms with E-state index in [-0.39, 0.29) is 18.7 Å². The van der Waals surface area contributed by atoms with Gasteiger partial charge in [-0.1, -0.05) is 43.0 Å². The summed E-state index contributed by atoms with van der Waals surface area (Å²) in [4.78, 5) is 20.6. The van der Waals surface area contributed by atoms with E-state index in [1.807, 2.05) is 12.1 Å². The molecule has 34 heavy (non-hydrogen) atoms. The maximum atomic E-state index is 13.6. The van der Waals surface area contributed by atoms with Crippen LogP contribution in [0.1, 0.15) is 23.6 Å². The second-order valence-corrected chi connectivity index (χ2v) is 8.74. The van der Waals surface area contributed by atoms with Crippen LogP contribution in [-0.4, -0.2) is 40.4 Å². The normalized spacial score (nSPS) is 12.8. The van der Waals surface area contributed by atoms with Gasteiger partial charge in [0.1, 0.15) is 17.7 Å². The van der Waals surface area contributed by atoms with Crippen LogP contribution in [0.2, 0.25) is 0 Å².